The van der Waals surface area contributed by atoms with Crippen molar-refractivity contribution in [3.05, 3.63) is 35.4 Å². The molecule has 1 fully saturated rings. The highest BCUT2D eigenvalue weighted by Gasteiger charge is 2.26. The molecule has 0 radical (unpaired) electrons. The molecule has 1 aromatic carbocycles. The summed E-state index contributed by atoms with van der Waals surface area (Å²) in [5, 5.41) is 3.73. The molecule has 1 nitrogen and oxygen atoms in total. The molecule has 20 heavy (non-hydrogen) atoms. The molecule has 1 aliphatic rings. The van der Waals surface area contributed by atoms with Crippen LogP contribution >= 0.6 is 0 Å². The van der Waals surface area contributed by atoms with Gasteiger partial charge < -0.3 is 5.32 Å². The van der Waals surface area contributed by atoms with Crippen LogP contribution in [0.5, 0.6) is 0 Å². The molecule has 1 heteroatoms. The van der Waals surface area contributed by atoms with Gasteiger partial charge in [-0.3, -0.25) is 0 Å². The van der Waals surface area contributed by atoms with E-state index >= 15 is 0 Å². The normalized spacial score (nSPS) is 24.9. The van der Waals surface area contributed by atoms with Crippen LogP contribution < -0.4 is 5.32 Å². The van der Waals surface area contributed by atoms with Crippen LogP contribution in [0.3, 0.4) is 0 Å². The van der Waals surface area contributed by atoms with Crippen molar-refractivity contribution in [1.29, 1.82) is 0 Å². The summed E-state index contributed by atoms with van der Waals surface area (Å²) in [7, 11) is 0. The van der Waals surface area contributed by atoms with Gasteiger partial charge in [-0.15, -0.1) is 0 Å². The maximum atomic E-state index is 3.73. The molecule has 1 aromatic rings. The number of hydrogen-bond donors (Lipinski definition) is 1. The van der Waals surface area contributed by atoms with E-state index in [4.69, 9.17) is 0 Å². The third-order valence-electron chi connectivity index (χ3n) is 4.92. The summed E-state index contributed by atoms with van der Waals surface area (Å²) in [6.07, 6.45) is 5.56. The molecule has 0 bridgehead atoms. The van der Waals surface area contributed by atoms with Gasteiger partial charge in [-0.05, 0) is 48.3 Å². The second-order valence-corrected chi connectivity index (χ2v) is 6.88. The quantitative estimate of drug-likeness (QED) is 0.769. The number of nitrogens with one attached hydrogen (secondary N) is 1. The fraction of sp³-hybridized carbons (Fsp3) is 0.684. The summed E-state index contributed by atoms with van der Waals surface area (Å²) in [5.41, 5.74) is 2.93. The van der Waals surface area contributed by atoms with Crippen LogP contribution in [0.25, 0.3) is 0 Å². The second kappa shape index (κ2) is 7.26. The zero-order valence-corrected chi connectivity index (χ0v) is 13.7. The molecule has 1 aliphatic carbocycles. The molecule has 2 rings (SSSR count). The molecule has 0 saturated heterocycles. The van der Waals surface area contributed by atoms with Gasteiger partial charge in [0.15, 0.2) is 0 Å². The fourth-order valence-corrected chi connectivity index (χ4v) is 3.48. The van der Waals surface area contributed by atoms with Crippen molar-refractivity contribution in [2.24, 2.45) is 11.8 Å². The van der Waals surface area contributed by atoms with Crippen molar-refractivity contribution in [2.75, 3.05) is 6.54 Å². The average Bonchev–Trinajstić information content (AvgIpc) is 2.46. The Morgan fingerprint density at radius 1 is 1.00 bits per heavy atom. The maximum absolute atomic E-state index is 3.73. The van der Waals surface area contributed by atoms with E-state index in [2.05, 4.69) is 57.3 Å². The van der Waals surface area contributed by atoms with Crippen LogP contribution in [0.1, 0.15) is 76.5 Å². The van der Waals surface area contributed by atoms with Crippen LogP contribution in [0, 0.1) is 11.8 Å². The zero-order chi connectivity index (χ0) is 14.5. The third kappa shape index (κ3) is 3.85. The van der Waals surface area contributed by atoms with Crippen LogP contribution in [0.2, 0.25) is 0 Å². The second-order valence-electron chi connectivity index (χ2n) is 6.88. The molecule has 0 heterocycles. The number of hydrogen-bond acceptors (Lipinski definition) is 1. The van der Waals surface area contributed by atoms with Gasteiger partial charge in [-0.2, -0.15) is 0 Å². The number of benzene rings is 1. The summed E-state index contributed by atoms with van der Waals surface area (Å²) < 4.78 is 0. The van der Waals surface area contributed by atoms with Gasteiger partial charge in [0.1, 0.15) is 0 Å². The van der Waals surface area contributed by atoms with Gasteiger partial charge in [0.25, 0.3) is 0 Å². The molecular weight excluding hydrogens is 242 g/mol. The van der Waals surface area contributed by atoms with E-state index < -0.39 is 0 Å². The predicted molar refractivity (Wildman–Crippen MR) is 88.1 cm³/mol. The van der Waals surface area contributed by atoms with E-state index in [-0.39, 0.29) is 0 Å². The molecule has 1 saturated carbocycles. The lowest BCUT2D eigenvalue weighted by atomic mass is 9.77. The van der Waals surface area contributed by atoms with Gasteiger partial charge in [0.2, 0.25) is 0 Å². The van der Waals surface area contributed by atoms with E-state index in [0.29, 0.717) is 12.0 Å². The highest BCUT2D eigenvalue weighted by Crippen LogP contribution is 2.37. The van der Waals surface area contributed by atoms with Gasteiger partial charge in [0.05, 0.1) is 0 Å². The first-order valence-corrected chi connectivity index (χ1v) is 8.45. The minimum Gasteiger partial charge on any atom is -0.310 e. The maximum Gasteiger partial charge on any atom is 0.0348 e. The predicted octanol–water partition coefficient (Wildman–Crippen LogP) is 5.29. The molecule has 0 spiro atoms. The Morgan fingerprint density at radius 2 is 1.55 bits per heavy atom. The minimum atomic E-state index is 0.550. The molecular formula is C19H31N. The fourth-order valence-electron chi connectivity index (χ4n) is 3.48. The third-order valence-corrected chi connectivity index (χ3v) is 4.92. The molecule has 112 valence electrons. The lowest BCUT2D eigenvalue weighted by Crippen LogP contribution is -2.30. The Hall–Kier alpha value is -0.820. The highest BCUT2D eigenvalue weighted by molar-refractivity contribution is 5.27. The van der Waals surface area contributed by atoms with Crippen molar-refractivity contribution < 1.29 is 0 Å². The largest absolute Gasteiger partial charge is 0.310 e. The Balaban J connectivity index is 2.11. The van der Waals surface area contributed by atoms with Crippen LogP contribution in [0.15, 0.2) is 24.3 Å². The van der Waals surface area contributed by atoms with Crippen molar-refractivity contribution in [3.63, 3.8) is 0 Å². The van der Waals surface area contributed by atoms with Gasteiger partial charge in [-0.25, -0.2) is 0 Å². The summed E-state index contributed by atoms with van der Waals surface area (Å²) in [6.45, 7) is 10.2. The van der Waals surface area contributed by atoms with E-state index in [0.717, 1.165) is 18.4 Å². The molecule has 1 atom stereocenters. The smallest absolute Gasteiger partial charge is 0.0348 e. The molecule has 0 aliphatic heterocycles. The van der Waals surface area contributed by atoms with Gasteiger partial charge in [0, 0.05) is 6.04 Å². The lowest BCUT2D eigenvalue weighted by Gasteiger charge is -2.33. The highest BCUT2D eigenvalue weighted by atomic mass is 14.9. The van der Waals surface area contributed by atoms with Crippen LogP contribution in [-0.2, 0) is 0 Å². The Bertz CT molecular complexity index is 385. The van der Waals surface area contributed by atoms with Crippen LogP contribution in [0.4, 0.5) is 0 Å². The van der Waals surface area contributed by atoms with E-state index in [1.807, 2.05) is 0 Å². The van der Waals surface area contributed by atoms with E-state index in [9.17, 15) is 0 Å². The Morgan fingerprint density at radius 3 is 2.05 bits per heavy atom. The van der Waals surface area contributed by atoms with Gasteiger partial charge >= 0.3 is 0 Å². The van der Waals surface area contributed by atoms with Crippen molar-refractivity contribution in [2.45, 2.75) is 65.3 Å². The lowest BCUT2D eigenvalue weighted by molar-refractivity contribution is 0.233. The molecule has 0 amide bonds. The molecule has 1 N–H and O–H groups in total. The average molecular weight is 273 g/mol. The summed E-state index contributed by atoms with van der Waals surface area (Å²) in [6, 6.07) is 9.88. The molecule has 1 unspecified atom stereocenters. The van der Waals surface area contributed by atoms with Gasteiger partial charge in [-0.1, -0.05) is 64.8 Å². The van der Waals surface area contributed by atoms with Crippen molar-refractivity contribution in [1.82, 2.24) is 5.32 Å². The zero-order valence-electron chi connectivity index (χ0n) is 13.7. The Kier molecular flexibility index (Phi) is 5.65. The minimum absolute atomic E-state index is 0.550. The number of rotatable bonds is 5. The SMILES string of the molecule is CCNC(c1ccc(C(C)C)cc1)C1CCC(C)CC1. The summed E-state index contributed by atoms with van der Waals surface area (Å²) >= 11 is 0. The standard InChI is InChI=1S/C19H31N/c1-5-20-19(17-8-6-15(4)7-9-17)18-12-10-16(11-13-18)14(2)3/h10-15,17,19-20H,5-9H2,1-4H3. The summed E-state index contributed by atoms with van der Waals surface area (Å²) in [4.78, 5) is 0. The van der Waals surface area contributed by atoms with Crippen LogP contribution in [-0.4, -0.2) is 6.54 Å². The first-order valence-electron chi connectivity index (χ1n) is 8.45. The summed E-state index contributed by atoms with van der Waals surface area (Å²) in [5.74, 6) is 2.37. The van der Waals surface area contributed by atoms with E-state index in [1.165, 1.54) is 36.8 Å². The molecule has 0 aromatic heterocycles. The van der Waals surface area contributed by atoms with Crippen molar-refractivity contribution in [3.8, 4) is 0 Å². The van der Waals surface area contributed by atoms with E-state index in [1.54, 1.807) is 0 Å². The van der Waals surface area contributed by atoms with Crippen molar-refractivity contribution >= 4 is 0 Å². The monoisotopic (exact) mass is 273 g/mol. The topological polar surface area (TPSA) is 12.0 Å². The Labute approximate surface area is 125 Å². The first-order chi connectivity index (χ1) is 9.61. The first kappa shape index (κ1) is 15.6.